The second-order valence-corrected chi connectivity index (χ2v) is 3.71. The molecule has 120 valence electrons. The van der Waals surface area contributed by atoms with Gasteiger partial charge in [0, 0.05) is 94.9 Å². The number of halogens is 1. The molecule has 0 amide bonds. The van der Waals surface area contributed by atoms with Crippen molar-refractivity contribution >= 4 is 11.6 Å². The Morgan fingerprint density at radius 1 is 0.810 bits per heavy atom. The molecule has 0 spiro atoms. The molecule has 0 radical (unpaired) electrons. The molecule has 0 bridgehead atoms. The molecule has 0 atom stereocenters. The number of nitrogens with one attached hydrogen (secondary N) is 1. The molecule has 0 aliphatic carbocycles. The van der Waals surface area contributed by atoms with Crippen LogP contribution >= 0.6 is 11.6 Å². The normalized spacial score (nSPS) is 7.81. The maximum Gasteiger partial charge on any atom is 0.0202 e. The molecule has 2 rings (SSSR count). The third-order valence-electron chi connectivity index (χ3n) is 2.30. The van der Waals surface area contributed by atoms with E-state index in [4.69, 9.17) is 5.73 Å². The van der Waals surface area contributed by atoms with E-state index in [1.54, 1.807) is 0 Å². The van der Waals surface area contributed by atoms with Crippen LogP contribution in [0.1, 0.15) is 11.1 Å². The second kappa shape index (κ2) is 21.2. The van der Waals surface area contributed by atoms with Gasteiger partial charge in [-0.25, -0.2) is 0 Å². The quantitative estimate of drug-likeness (QED) is 0.825. The molecule has 5 heteroatoms. The number of benzene rings is 2. The summed E-state index contributed by atoms with van der Waals surface area (Å²) in [6.45, 7) is 1.60. The van der Waals surface area contributed by atoms with Crippen molar-refractivity contribution in [1.82, 2.24) is 5.32 Å². The first-order valence-electron chi connectivity index (χ1n) is 6.17. The standard InChI is InChI=1S/C8H11N.C7H9N.CH3Cl.2Ar/c1-9-7-8-5-3-2-4-6-8;8-6-7-4-2-1-3-5-7;1-2;;/h2-6,9H,7H2,1H3;1-5H,6,8H2;1H3;;. The van der Waals surface area contributed by atoms with E-state index in [1.165, 1.54) is 17.5 Å². The van der Waals surface area contributed by atoms with E-state index < -0.39 is 0 Å². The van der Waals surface area contributed by atoms with Gasteiger partial charge in [-0.15, -0.1) is 11.6 Å². The average Bonchev–Trinajstić information content (AvgIpc) is 2.52. The molecular formula is C16H23Ar2ClN2. The van der Waals surface area contributed by atoms with Crippen LogP contribution in [0.3, 0.4) is 0 Å². The van der Waals surface area contributed by atoms with Crippen LogP contribution < -0.4 is 11.1 Å². The van der Waals surface area contributed by atoms with Gasteiger partial charge in [-0.1, -0.05) is 60.7 Å². The van der Waals surface area contributed by atoms with E-state index >= 15 is 0 Å². The number of rotatable bonds is 3. The summed E-state index contributed by atoms with van der Waals surface area (Å²) in [6, 6.07) is 20.3. The van der Waals surface area contributed by atoms with E-state index in [1.807, 2.05) is 55.6 Å². The average molecular weight is 359 g/mol. The summed E-state index contributed by atoms with van der Waals surface area (Å²) in [5.41, 5.74) is 7.87. The number of alkyl halides is 1. The van der Waals surface area contributed by atoms with Crippen LogP contribution in [0.2, 0.25) is 0 Å². The SMILES string of the molecule is CCl.CNCc1ccccc1.NCc1ccccc1.[Ar].[Ar]. The van der Waals surface area contributed by atoms with Gasteiger partial charge in [-0.2, -0.15) is 0 Å². The monoisotopic (exact) mass is 358 g/mol. The summed E-state index contributed by atoms with van der Waals surface area (Å²) in [4.78, 5) is 0. The van der Waals surface area contributed by atoms with Crippen molar-refractivity contribution in [3.63, 3.8) is 0 Å². The van der Waals surface area contributed by atoms with Crippen LogP contribution in [-0.2, 0) is 13.1 Å². The zero-order valence-corrected chi connectivity index (χ0v) is 14.5. The minimum Gasteiger partial charge on any atom is -0.326 e. The third kappa shape index (κ3) is 15.8. The molecule has 0 saturated carbocycles. The zero-order chi connectivity index (χ0) is 14.3. The summed E-state index contributed by atoms with van der Waals surface area (Å²) in [5, 5.41) is 3.08. The molecule has 0 heterocycles. The number of hydrogen-bond donors (Lipinski definition) is 2. The molecule has 21 heavy (non-hydrogen) atoms. The second-order valence-electron chi connectivity index (χ2n) is 3.71. The third-order valence-corrected chi connectivity index (χ3v) is 2.30. The van der Waals surface area contributed by atoms with Crippen LogP contribution in [0.5, 0.6) is 0 Å². The van der Waals surface area contributed by atoms with Crippen molar-refractivity contribution in [3.8, 4) is 0 Å². The molecule has 0 aromatic heterocycles. The summed E-state index contributed by atoms with van der Waals surface area (Å²) in [6.07, 6.45) is 1.47. The van der Waals surface area contributed by atoms with Gasteiger partial charge >= 0.3 is 0 Å². The van der Waals surface area contributed by atoms with Gasteiger partial charge in [0.1, 0.15) is 0 Å². The molecule has 2 aromatic carbocycles. The molecule has 2 aromatic rings. The Bertz CT molecular complexity index is 400. The van der Waals surface area contributed by atoms with Gasteiger partial charge in [-0.05, 0) is 18.2 Å². The molecule has 0 aliphatic rings. The largest absolute Gasteiger partial charge is 0.326 e. The molecule has 0 unspecified atom stereocenters. The smallest absolute Gasteiger partial charge is 0.0202 e. The maximum absolute atomic E-state index is 5.35. The van der Waals surface area contributed by atoms with Gasteiger partial charge in [0.05, 0.1) is 0 Å². The van der Waals surface area contributed by atoms with Crippen molar-refractivity contribution < 1.29 is 75.5 Å². The van der Waals surface area contributed by atoms with Gasteiger partial charge in [0.25, 0.3) is 0 Å². The minimum absolute atomic E-state index is 0. The summed E-state index contributed by atoms with van der Waals surface area (Å²) in [7, 11) is 1.95. The van der Waals surface area contributed by atoms with Crippen LogP contribution in [0, 0.1) is 75.5 Å². The molecule has 0 aliphatic heterocycles. The van der Waals surface area contributed by atoms with Gasteiger partial charge < -0.3 is 11.1 Å². The van der Waals surface area contributed by atoms with Crippen LogP contribution in [0.15, 0.2) is 60.7 Å². The van der Waals surface area contributed by atoms with E-state index in [9.17, 15) is 0 Å². The van der Waals surface area contributed by atoms with E-state index in [-0.39, 0.29) is 75.5 Å². The predicted octanol–water partition coefficient (Wildman–Crippen LogP) is 3.41. The molecule has 2 nitrogen and oxygen atoms in total. The Kier molecular flexibility index (Phi) is 27.3. The fourth-order valence-electron chi connectivity index (χ4n) is 1.41. The Balaban J connectivity index is -0.000000255. The van der Waals surface area contributed by atoms with Crippen molar-refractivity contribution in [3.05, 3.63) is 71.8 Å². The predicted molar refractivity (Wildman–Crippen MR) is 85.3 cm³/mol. The van der Waals surface area contributed by atoms with Gasteiger partial charge in [0.15, 0.2) is 0 Å². The van der Waals surface area contributed by atoms with E-state index in [0.29, 0.717) is 6.54 Å². The van der Waals surface area contributed by atoms with E-state index in [0.717, 1.165) is 6.54 Å². The Labute approximate surface area is 193 Å². The molecule has 3 N–H and O–H groups in total. The molecule has 0 saturated heterocycles. The van der Waals surface area contributed by atoms with Crippen LogP contribution in [-0.4, -0.2) is 13.4 Å². The minimum atomic E-state index is 0. The molecular weight excluding hydrogens is 336 g/mol. The first kappa shape index (κ1) is 27.0. The van der Waals surface area contributed by atoms with Crippen molar-refractivity contribution in [2.45, 2.75) is 13.1 Å². The first-order chi connectivity index (χ1) is 9.36. The van der Waals surface area contributed by atoms with Gasteiger partial charge in [-0.3, -0.25) is 0 Å². The fourth-order valence-corrected chi connectivity index (χ4v) is 1.41. The van der Waals surface area contributed by atoms with Crippen molar-refractivity contribution in [1.29, 1.82) is 0 Å². The van der Waals surface area contributed by atoms with Gasteiger partial charge in [0.2, 0.25) is 0 Å². The van der Waals surface area contributed by atoms with E-state index in [2.05, 4.69) is 29.1 Å². The first-order valence-corrected chi connectivity index (χ1v) is 6.92. The Morgan fingerprint density at radius 2 is 1.19 bits per heavy atom. The fraction of sp³-hybridized carbons (Fsp3) is 0.250. The van der Waals surface area contributed by atoms with Crippen molar-refractivity contribution in [2.75, 3.05) is 13.4 Å². The summed E-state index contributed by atoms with van der Waals surface area (Å²) in [5.74, 6) is 0. The summed E-state index contributed by atoms with van der Waals surface area (Å²) >= 11 is 4.64. The van der Waals surface area contributed by atoms with Crippen LogP contribution in [0.4, 0.5) is 0 Å². The van der Waals surface area contributed by atoms with Crippen molar-refractivity contribution in [2.24, 2.45) is 5.73 Å². The Hall–Kier alpha value is 1.17. The number of nitrogens with two attached hydrogens (primary N) is 1. The zero-order valence-electron chi connectivity index (χ0n) is 12.4. The summed E-state index contributed by atoms with van der Waals surface area (Å²) < 4.78 is 0. The number of hydrogen-bond acceptors (Lipinski definition) is 2. The topological polar surface area (TPSA) is 38.0 Å². The maximum atomic E-state index is 5.35. The van der Waals surface area contributed by atoms with Crippen LogP contribution in [0.25, 0.3) is 0 Å². The Morgan fingerprint density at radius 3 is 1.48 bits per heavy atom. The molecule has 0 fully saturated rings.